The zero-order valence-electron chi connectivity index (χ0n) is 18.0. The molecule has 2 aromatic rings. The minimum atomic E-state index is -4.49. The molecule has 1 heterocycles. The highest BCUT2D eigenvalue weighted by Gasteiger charge is 2.40. The fourth-order valence-corrected chi connectivity index (χ4v) is 4.49. The maximum Gasteiger partial charge on any atom is 0.416 e. The minimum absolute atomic E-state index is 0.0668. The molecule has 1 aliphatic carbocycles. The molecule has 4 rings (SSSR count). The number of phenolic OH excluding ortho intramolecular Hbond substituents is 1. The van der Waals surface area contributed by atoms with Crippen LogP contribution in [0.25, 0.3) is 0 Å². The number of nitrogens with zero attached hydrogens (tertiary/aromatic N) is 1. The van der Waals surface area contributed by atoms with Crippen LogP contribution in [0.5, 0.6) is 17.2 Å². The third-order valence-electron chi connectivity index (χ3n) is 6.03. The molecule has 1 N–H and O–H groups in total. The van der Waals surface area contributed by atoms with Gasteiger partial charge in [-0.1, -0.05) is 0 Å². The van der Waals surface area contributed by atoms with Crippen molar-refractivity contribution in [3.8, 4) is 17.2 Å². The first-order chi connectivity index (χ1) is 15.7. The molecule has 2 aliphatic rings. The summed E-state index contributed by atoms with van der Waals surface area (Å²) in [5, 5.41) is 10.2. The molecule has 0 bridgehead atoms. The normalized spacial score (nSPS) is 18.9. The van der Waals surface area contributed by atoms with Gasteiger partial charge in [0.1, 0.15) is 0 Å². The number of anilines is 1. The summed E-state index contributed by atoms with van der Waals surface area (Å²) >= 11 is 0. The zero-order valence-corrected chi connectivity index (χ0v) is 18.0. The van der Waals surface area contributed by atoms with Crippen LogP contribution in [0, 0.1) is 0 Å². The van der Waals surface area contributed by atoms with Crippen molar-refractivity contribution in [2.45, 2.75) is 37.8 Å². The lowest BCUT2D eigenvalue weighted by Gasteiger charge is -2.38. The third-order valence-corrected chi connectivity index (χ3v) is 6.03. The van der Waals surface area contributed by atoms with Crippen molar-refractivity contribution in [1.82, 2.24) is 0 Å². The van der Waals surface area contributed by atoms with E-state index in [1.807, 2.05) is 0 Å². The number of carbonyl (C=O) groups excluding carboxylic acids is 2. The highest BCUT2D eigenvalue weighted by atomic mass is 19.4. The lowest BCUT2D eigenvalue weighted by molar-refractivity contribution is -0.137. The topological polar surface area (TPSA) is 76.1 Å². The molecule has 0 fully saturated rings. The summed E-state index contributed by atoms with van der Waals surface area (Å²) in [7, 11) is 2.76. The van der Waals surface area contributed by atoms with Crippen molar-refractivity contribution in [3.05, 3.63) is 58.8 Å². The molecule has 1 amide bonds. The molecule has 0 saturated carbocycles. The molecule has 6 nitrogen and oxygen atoms in total. The highest BCUT2D eigenvalue weighted by molar-refractivity contribution is 6.07. The third kappa shape index (κ3) is 4.03. The van der Waals surface area contributed by atoms with Gasteiger partial charge in [0, 0.05) is 35.7 Å². The van der Waals surface area contributed by atoms with E-state index in [-0.39, 0.29) is 41.0 Å². The number of aromatic hydroxyl groups is 1. The predicted molar refractivity (Wildman–Crippen MR) is 113 cm³/mol. The fraction of sp³-hybridized carbons (Fsp3) is 0.333. The van der Waals surface area contributed by atoms with E-state index in [9.17, 15) is 27.9 Å². The van der Waals surface area contributed by atoms with E-state index < -0.39 is 17.7 Å². The van der Waals surface area contributed by atoms with Gasteiger partial charge in [-0.15, -0.1) is 0 Å². The summed E-state index contributed by atoms with van der Waals surface area (Å²) < 4.78 is 49.4. The summed E-state index contributed by atoms with van der Waals surface area (Å²) in [5.41, 5.74) is 0.999. The number of hydrogen-bond acceptors (Lipinski definition) is 5. The Kier molecular flexibility index (Phi) is 5.82. The molecule has 0 aromatic heterocycles. The highest BCUT2D eigenvalue weighted by Crippen LogP contribution is 2.47. The van der Waals surface area contributed by atoms with Crippen LogP contribution in [0.1, 0.15) is 42.7 Å². The average Bonchev–Trinajstić information content (AvgIpc) is 2.78. The van der Waals surface area contributed by atoms with Gasteiger partial charge >= 0.3 is 6.18 Å². The molecular formula is C24H22F3NO5. The van der Waals surface area contributed by atoms with Crippen molar-refractivity contribution in [1.29, 1.82) is 0 Å². The van der Waals surface area contributed by atoms with Crippen LogP contribution >= 0.6 is 0 Å². The quantitative estimate of drug-likeness (QED) is 0.697. The number of methoxy groups -OCH3 is 2. The van der Waals surface area contributed by atoms with E-state index in [1.54, 1.807) is 12.1 Å². The van der Waals surface area contributed by atoms with Crippen LogP contribution in [0.3, 0.4) is 0 Å². The Hall–Kier alpha value is -3.49. The number of halogens is 3. The van der Waals surface area contributed by atoms with Crippen LogP contribution < -0.4 is 14.4 Å². The number of ketones is 1. The van der Waals surface area contributed by atoms with Gasteiger partial charge in [-0.25, -0.2) is 0 Å². The number of Topliss-reactive ketones (excluding diaryl/α,β-unsaturated/α-hetero) is 1. The molecule has 9 heteroatoms. The van der Waals surface area contributed by atoms with Gasteiger partial charge in [-0.2, -0.15) is 13.2 Å². The summed E-state index contributed by atoms with van der Waals surface area (Å²) in [6, 6.07) is 7.48. The molecule has 0 radical (unpaired) electrons. The van der Waals surface area contributed by atoms with Crippen molar-refractivity contribution >= 4 is 17.4 Å². The second-order valence-corrected chi connectivity index (χ2v) is 7.94. The Morgan fingerprint density at radius 1 is 1.00 bits per heavy atom. The Balaban J connectivity index is 1.83. The van der Waals surface area contributed by atoms with E-state index in [0.717, 1.165) is 12.1 Å². The molecular weight excluding hydrogens is 439 g/mol. The van der Waals surface area contributed by atoms with Crippen LogP contribution in [-0.2, 0) is 15.8 Å². The maximum atomic E-state index is 13.2. The van der Waals surface area contributed by atoms with Crippen molar-refractivity contribution in [2.75, 3.05) is 19.1 Å². The lowest BCUT2D eigenvalue weighted by atomic mass is 9.77. The summed E-state index contributed by atoms with van der Waals surface area (Å²) in [4.78, 5) is 27.6. The first kappa shape index (κ1) is 22.7. The standard InChI is InChI=1S/C24H22F3NO5/c1-32-19-10-13(11-20(33-2)23(19)31)16-12-21(30)28(17-4-3-5-18(29)22(16)17)15-8-6-14(7-9-15)24(25,26)27/h6-11,16,31H,3-5,12H2,1-2H3. The van der Waals surface area contributed by atoms with Crippen LogP contribution in [0.4, 0.5) is 18.9 Å². The molecule has 174 valence electrons. The van der Waals surface area contributed by atoms with Crippen molar-refractivity contribution < 1.29 is 37.3 Å². The van der Waals surface area contributed by atoms with Gasteiger partial charge in [-0.3, -0.25) is 14.5 Å². The molecule has 33 heavy (non-hydrogen) atoms. The SMILES string of the molecule is COc1cc(C2CC(=O)N(c3ccc(C(F)(F)F)cc3)C3=C2C(=O)CCC3)cc(OC)c1O. The summed E-state index contributed by atoms with van der Waals surface area (Å²) in [6.45, 7) is 0. The Morgan fingerprint density at radius 2 is 1.61 bits per heavy atom. The number of carbonyl (C=O) groups is 2. The van der Waals surface area contributed by atoms with Gasteiger partial charge in [0.2, 0.25) is 11.7 Å². The van der Waals surface area contributed by atoms with Crippen LogP contribution in [0.15, 0.2) is 47.7 Å². The number of alkyl halides is 3. The Bertz CT molecular complexity index is 1110. The number of amides is 1. The molecule has 2 aromatic carbocycles. The van der Waals surface area contributed by atoms with Crippen molar-refractivity contribution in [2.24, 2.45) is 0 Å². The summed E-state index contributed by atoms with van der Waals surface area (Å²) in [5.74, 6) is -0.938. The van der Waals surface area contributed by atoms with Crippen LogP contribution in [0.2, 0.25) is 0 Å². The van der Waals surface area contributed by atoms with Gasteiger partial charge in [0.25, 0.3) is 0 Å². The molecule has 0 saturated heterocycles. The van der Waals surface area contributed by atoms with Gasteiger partial charge in [-0.05, 0) is 54.8 Å². The number of ether oxygens (including phenoxy) is 2. The monoisotopic (exact) mass is 461 g/mol. The molecule has 1 atom stereocenters. The number of benzene rings is 2. The number of allylic oxidation sites excluding steroid dienone is 2. The lowest BCUT2D eigenvalue weighted by Crippen LogP contribution is -2.40. The smallest absolute Gasteiger partial charge is 0.416 e. The van der Waals surface area contributed by atoms with Gasteiger partial charge in [0.15, 0.2) is 17.3 Å². The number of phenols is 1. The largest absolute Gasteiger partial charge is 0.502 e. The van der Waals surface area contributed by atoms with Gasteiger partial charge in [0.05, 0.1) is 19.8 Å². The van der Waals surface area contributed by atoms with E-state index in [0.29, 0.717) is 36.1 Å². The zero-order chi connectivity index (χ0) is 23.9. The Labute approximate surface area is 188 Å². The first-order valence-electron chi connectivity index (χ1n) is 10.4. The first-order valence-corrected chi connectivity index (χ1v) is 10.4. The molecule has 0 spiro atoms. The fourth-order valence-electron chi connectivity index (χ4n) is 4.49. The van der Waals surface area contributed by atoms with E-state index in [2.05, 4.69) is 0 Å². The van der Waals surface area contributed by atoms with E-state index in [4.69, 9.17) is 9.47 Å². The van der Waals surface area contributed by atoms with Crippen molar-refractivity contribution in [3.63, 3.8) is 0 Å². The molecule has 1 aliphatic heterocycles. The van der Waals surface area contributed by atoms with E-state index >= 15 is 0 Å². The summed E-state index contributed by atoms with van der Waals surface area (Å²) in [6.07, 6.45) is -3.26. The second kappa shape index (κ2) is 8.46. The van der Waals surface area contributed by atoms with Crippen LogP contribution in [-0.4, -0.2) is 31.0 Å². The molecule has 1 unspecified atom stereocenters. The average molecular weight is 461 g/mol. The number of hydrogen-bond donors (Lipinski definition) is 1. The Morgan fingerprint density at radius 3 is 2.15 bits per heavy atom. The number of rotatable bonds is 4. The second-order valence-electron chi connectivity index (χ2n) is 7.94. The maximum absolute atomic E-state index is 13.2. The van der Waals surface area contributed by atoms with E-state index in [1.165, 1.54) is 31.3 Å². The predicted octanol–water partition coefficient (Wildman–Crippen LogP) is 4.96. The minimum Gasteiger partial charge on any atom is -0.502 e. The van der Waals surface area contributed by atoms with Gasteiger partial charge < -0.3 is 14.6 Å².